The molecular weight excluding hydrogens is 311 g/mol. The summed E-state index contributed by atoms with van der Waals surface area (Å²) in [5.74, 6) is -1.16. The molecule has 6 nitrogen and oxygen atoms in total. The Morgan fingerprint density at radius 3 is 2.82 bits per heavy atom. The molecule has 3 unspecified atom stereocenters. The summed E-state index contributed by atoms with van der Waals surface area (Å²) in [4.78, 5) is 11.9. The summed E-state index contributed by atoms with van der Waals surface area (Å²) in [5, 5.41) is 9.85. The average Bonchev–Trinajstić information content (AvgIpc) is 2.45. The van der Waals surface area contributed by atoms with Gasteiger partial charge in [-0.05, 0) is 37.3 Å². The SMILES string of the molecule is NC(=O)C1(c2ccc(CNS(=O)O)c(F)c2)CCCC(O)C1. The highest BCUT2D eigenvalue weighted by molar-refractivity contribution is 7.77. The number of carbonyl (C=O) groups is 1. The smallest absolute Gasteiger partial charge is 0.232 e. The zero-order valence-corrected chi connectivity index (χ0v) is 12.7. The second-order valence-corrected chi connectivity index (χ2v) is 6.36. The first-order chi connectivity index (χ1) is 10.3. The van der Waals surface area contributed by atoms with Crippen LogP contribution >= 0.6 is 0 Å². The van der Waals surface area contributed by atoms with Crippen LogP contribution in [-0.2, 0) is 28.0 Å². The lowest BCUT2D eigenvalue weighted by molar-refractivity contribution is -0.126. The minimum absolute atomic E-state index is 0.110. The number of hydrogen-bond donors (Lipinski definition) is 4. The van der Waals surface area contributed by atoms with E-state index in [1.807, 2.05) is 0 Å². The van der Waals surface area contributed by atoms with Gasteiger partial charge >= 0.3 is 0 Å². The molecule has 22 heavy (non-hydrogen) atoms. The van der Waals surface area contributed by atoms with Crippen LogP contribution in [-0.4, -0.2) is 25.9 Å². The maximum absolute atomic E-state index is 14.2. The Morgan fingerprint density at radius 1 is 1.55 bits per heavy atom. The van der Waals surface area contributed by atoms with Gasteiger partial charge in [-0.2, -0.15) is 0 Å². The maximum Gasteiger partial charge on any atom is 0.232 e. The second-order valence-electron chi connectivity index (χ2n) is 5.57. The number of halogens is 1. The van der Waals surface area contributed by atoms with Crippen LogP contribution in [0, 0.1) is 5.82 Å². The topological polar surface area (TPSA) is 113 Å². The van der Waals surface area contributed by atoms with Crippen molar-refractivity contribution < 1.29 is 23.1 Å². The van der Waals surface area contributed by atoms with E-state index < -0.39 is 34.5 Å². The zero-order chi connectivity index (χ0) is 16.3. The van der Waals surface area contributed by atoms with E-state index in [9.17, 15) is 18.5 Å². The molecule has 0 aromatic heterocycles. The first kappa shape index (κ1) is 17.0. The molecule has 0 spiro atoms. The lowest BCUT2D eigenvalue weighted by Gasteiger charge is -2.37. The Bertz CT molecular complexity index is 598. The highest BCUT2D eigenvalue weighted by Gasteiger charge is 2.42. The van der Waals surface area contributed by atoms with E-state index in [0.717, 1.165) is 0 Å². The highest BCUT2D eigenvalue weighted by atomic mass is 32.2. The first-order valence-electron chi connectivity index (χ1n) is 6.96. The Morgan fingerprint density at radius 2 is 2.27 bits per heavy atom. The highest BCUT2D eigenvalue weighted by Crippen LogP contribution is 2.39. The quantitative estimate of drug-likeness (QED) is 0.596. The number of amides is 1. The third-order valence-corrected chi connectivity index (χ3v) is 4.58. The lowest BCUT2D eigenvalue weighted by Crippen LogP contribution is -2.46. The summed E-state index contributed by atoms with van der Waals surface area (Å²) >= 11 is -2.23. The number of nitrogens with one attached hydrogen (secondary N) is 1. The van der Waals surface area contributed by atoms with E-state index in [4.69, 9.17) is 10.3 Å². The van der Waals surface area contributed by atoms with Gasteiger partial charge in [0.1, 0.15) is 5.82 Å². The van der Waals surface area contributed by atoms with Gasteiger partial charge in [0, 0.05) is 12.1 Å². The molecule has 1 aromatic carbocycles. The van der Waals surface area contributed by atoms with Gasteiger partial charge in [0.2, 0.25) is 17.2 Å². The number of benzene rings is 1. The number of primary amides is 1. The number of aliphatic hydroxyl groups excluding tert-OH is 1. The van der Waals surface area contributed by atoms with Crippen LogP contribution in [0.15, 0.2) is 18.2 Å². The average molecular weight is 330 g/mol. The van der Waals surface area contributed by atoms with Gasteiger partial charge in [-0.1, -0.05) is 12.1 Å². The minimum Gasteiger partial charge on any atom is -0.393 e. The van der Waals surface area contributed by atoms with Crippen LogP contribution in [0.2, 0.25) is 0 Å². The molecule has 0 saturated heterocycles. The van der Waals surface area contributed by atoms with E-state index in [-0.39, 0.29) is 18.5 Å². The van der Waals surface area contributed by atoms with Gasteiger partial charge in [-0.25, -0.2) is 13.3 Å². The molecule has 0 heterocycles. The lowest BCUT2D eigenvalue weighted by atomic mass is 9.68. The Kier molecular flexibility index (Phi) is 5.28. The molecule has 1 aromatic rings. The molecule has 3 atom stereocenters. The van der Waals surface area contributed by atoms with E-state index in [0.29, 0.717) is 24.8 Å². The zero-order valence-electron chi connectivity index (χ0n) is 11.9. The fourth-order valence-electron chi connectivity index (χ4n) is 3.00. The van der Waals surface area contributed by atoms with Crippen molar-refractivity contribution in [2.24, 2.45) is 5.73 Å². The molecule has 8 heteroatoms. The Labute approximate surface area is 130 Å². The molecule has 1 amide bonds. The van der Waals surface area contributed by atoms with Crippen molar-refractivity contribution in [1.29, 1.82) is 0 Å². The minimum atomic E-state index is -2.23. The van der Waals surface area contributed by atoms with Crippen LogP contribution in [0.4, 0.5) is 4.39 Å². The molecule has 0 bridgehead atoms. The molecule has 0 radical (unpaired) electrons. The van der Waals surface area contributed by atoms with Crippen molar-refractivity contribution >= 4 is 17.2 Å². The van der Waals surface area contributed by atoms with Crippen molar-refractivity contribution in [2.45, 2.75) is 43.7 Å². The molecule has 1 fully saturated rings. The van der Waals surface area contributed by atoms with E-state index in [1.54, 1.807) is 6.07 Å². The van der Waals surface area contributed by atoms with Gasteiger partial charge in [0.15, 0.2) is 0 Å². The second kappa shape index (κ2) is 6.82. The standard InChI is InChI=1S/C14H19FN2O4S/c15-12-6-10(4-3-9(12)8-17-22(20)21)14(13(16)19)5-1-2-11(18)7-14/h3-4,6,11,17-18H,1-2,5,7-8H2,(H2,16,19)(H,20,21). The van der Waals surface area contributed by atoms with Crippen LogP contribution in [0.5, 0.6) is 0 Å². The maximum atomic E-state index is 14.2. The third kappa shape index (κ3) is 3.52. The number of aliphatic hydroxyl groups is 1. The molecule has 1 saturated carbocycles. The number of hydrogen-bond acceptors (Lipinski definition) is 3. The Balaban J connectivity index is 2.31. The van der Waals surface area contributed by atoms with Gasteiger partial charge in [-0.3, -0.25) is 9.35 Å². The largest absolute Gasteiger partial charge is 0.393 e. The molecule has 1 aliphatic carbocycles. The number of nitrogens with two attached hydrogens (primary N) is 1. The van der Waals surface area contributed by atoms with Gasteiger partial charge < -0.3 is 10.8 Å². The summed E-state index contributed by atoms with van der Waals surface area (Å²) in [7, 11) is 0. The fraction of sp³-hybridized carbons (Fsp3) is 0.500. The van der Waals surface area contributed by atoms with Gasteiger partial charge in [0.25, 0.3) is 0 Å². The summed E-state index contributed by atoms with van der Waals surface area (Å²) in [6.45, 7) is -0.110. The molecule has 1 aliphatic rings. The summed E-state index contributed by atoms with van der Waals surface area (Å²) in [6, 6.07) is 4.26. The summed E-state index contributed by atoms with van der Waals surface area (Å²) in [5.41, 5.74) is 5.11. The normalized spacial score (nSPS) is 26.6. The third-order valence-electron chi connectivity index (χ3n) is 4.19. The Hall–Kier alpha value is -1.35. The summed E-state index contributed by atoms with van der Waals surface area (Å²) < 4.78 is 35.6. The molecular formula is C14H19FN2O4S. The van der Waals surface area contributed by atoms with Crippen LogP contribution < -0.4 is 10.5 Å². The monoisotopic (exact) mass is 330 g/mol. The fourth-order valence-corrected chi connectivity index (χ4v) is 3.28. The van der Waals surface area contributed by atoms with Crippen molar-refractivity contribution in [2.75, 3.05) is 0 Å². The van der Waals surface area contributed by atoms with Crippen LogP contribution in [0.3, 0.4) is 0 Å². The van der Waals surface area contributed by atoms with Crippen molar-refractivity contribution in [3.05, 3.63) is 35.1 Å². The number of carbonyl (C=O) groups excluding carboxylic acids is 1. The van der Waals surface area contributed by atoms with E-state index in [1.165, 1.54) is 12.1 Å². The van der Waals surface area contributed by atoms with Gasteiger partial charge in [-0.15, -0.1) is 0 Å². The van der Waals surface area contributed by atoms with Gasteiger partial charge in [0.05, 0.1) is 11.5 Å². The van der Waals surface area contributed by atoms with Crippen molar-refractivity contribution in [1.82, 2.24) is 4.72 Å². The van der Waals surface area contributed by atoms with Crippen LogP contribution in [0.1, 0.15) is 36.8 Å². The molecule has 5 N–H and O–H groups in total. The van der Waals surface area contributed by atoms with Crippen molar-refractivity contribution in [3.8, 4) is 0 Å². The predicted molar refractivity (Wildman–Crippen MR) is 79.4 cm³/mol. The van der Waals surface area contributed by atoms with E-state index >= 15 is 0 Å². The van der Waals surface area contributed by atoms with Crippen molar-refractivity contribution in [3.63, 3.8) is 0 Å². The molecule has 122 valence electrons. The molecule has 2 rings (SSSR count). The predicted octanol–water partition coefficient (Wildman–Crippen LogP) is 0.710. The molecule has 0 aliphatic heterocycles. The number of rotatable bonds is 5. The first-order valence-corrected chi connectivity index (χ1v) is 8.07. The van der Waals surface area contributed by atoms with Crippen LogP contribution in [0.25, 0.3) is 0 Å². The summed E-state index contributed by atoms with van der Waals surface area (Å²) in [6.07, 6.45) is 1.25. The van der Waals surface area contributed by atoms with E-state index in [2.05, 4.69) is 4.72 Å².